The molecular formula is C18H17BrN4. The van der Waals surface area contributed by atoms with Gasteiger partial charge in [-0.15, -0.1) is 0 Å². The molecule has 0 saturated heterocycles. The quantitative estimate of drug-likeness (QED) is 0.620. The second kappa shape index (κ2) is 7.94. The minimum atomic E-state index is 0.743. The zero-order valence-corrected chi connectivity index (χ0v) is 14.2. The normalized spacial score (nSPS) is 10.9. The summed E-state index contributed by atoms with van der Waals surface area (Å²) in [7, 11) is 0. The maximum Gasteiger partial charge on any atom is 0.106 e. The Hall–Kier alpha value is -2.11. The molecule has 3 rings (SSSR count). The van der Waals surface area contributed by atoms with Gasteiger partial charge < -0.3 is 0 Å². The summed E-state index contributed by atoms with van der Waals surface area (Å²) in [5.41, 5.74) is 3.10. The van der Waals surface area contributed by atoms with Crippen LogP contribution >= 0.6 is 15.9 Å². The van der Waals surface area contributed by atoms with Crippen molar-refractivity contribution in [2.45, 2.75) is 19.6 Å². The zero-order valence-electron chi connectivity index (χ0n) is 12.6. The van der Waals surface area contributed by atoms with Gasteiger partial charge in [-0.3, -0.25) is 14.9 Å². The fraction of sp³-hybridized carbons (Fsp3) is 0.167. The third kappa shape index (κ3) is 4.94. The van der Waals surface area contributed by atoms with Crippen molar-refractivity contribution >= 4 is 15.9 Å². The van der Waals surface area contributed by atoms with Crippen LogP contribution in [-0.2, 0) is 19.6 Å². The summed E-state index contributed by atoms with van der Waals surface area (Å²) in [5.74, 6) is 0. The average Bonchev–Trinajstić information content (AvgIpc) is 2.57. The van der Waals surface area contributed by atoms with Crippen molar-refractivity contribution in [3.8, 4) is 0 Å². The first kappa shape index (κ1) is 15.8. The summed E-state index contributed by atoms with van der Waals surface area (Å²) >= 11 is 3.43. The van der Waals surface area contributed by atoms with Crippen LogP contribution in [-0.4, -0.2) is 19.9 Å². The molecule has 5 heteroatoms. The lowest BCUT2D eigenvalue weighted by Crippen LogP contribution is -2.24. The van der Waals surface area contributed by atoms with Crippen LogP contribution in [0.2, 0.25) is 0 Å². The Morgan fingerprint density at radius 3 is 1.78 bits per heavy atom. The summed E-state index contributed by atoms with van der Waals surface area (Å²) in [6.45, 7) is 2.25. The van der Waals surface area contributed by atoms with E-state index in [1.807, 2.05) is 67.0 Å². The molecule has 0 fully saturated rings. The second-order valence-corrected chi connectivity index (χ2v) is 6.05. The predicted molar refractivity (Wildman–Crippen MR) is 93.4 cm³/mol. The second-order valence-electron chi connectivity index (χ2n) is 5.24. The Kier molecular flexibility index (Phi) is 5.45. The number of hydrogen-bond donors (Lipinski definition) is 0. The van der Waals surface area contributed by atoms with Crippen LogP contribution in [0.15, 0.2) is 71.6 Å². The molecule has 3 heterocycles. The molecule has 0 spiro atoms. The van der Waals surface area contributed by atoms with Crippen molar-refractivity contribution in [1.82, 2.24) is 19.9 Å². The predicted octanol–water partition coefficient (Wildman–Crippen LogP) is 3.84. The number of aromatic nitrogens is 3. The van der Waals surface area contributed by atoms with Crippen molar-refractivity contribution in [3.05, 3.63) is 88.7 Å². The van der Waals surface area contributed by atoms with Crippen LogP contribution in [0.5, 0.6) is 0 Å². The first-order chi connectivity index (χ1) is 11.3. The van der Waals surface area contributed by atoms with E-state index in [1.165, 1.54) is 0 Å². The summed E-state index contributed by atoms with van der Waals surface area (Å²) in [5, 5.41) is 0. The Morgan fingerprint density at radius 2 is 1.26 bits per heavy atom. The number of halogens is 1. The number of rotatable bonds is 6. The molecule has 3 aromatic rings. The first-order valence-electron chi connectivity index (χ1n) is 7.43. The number of hydrogen-bond acceptors (Lipinski definition) is 4. The zero-order chi connectivity index (χ0) is 15.9. The van der Waals surface area contributed by atoms with Gasteiger partial charge in [0.2, 0.25) is 0 Å². The van der Waals surface area contributed by atoms with E-state index >= 15 is 0 Å². The highest BCUT2D eigenvalue weighted by Gasteiger charge is 2.10. The minimum absolute atomic E-state index is 0.743. The molecule has 0 unspecified atom stereocenters. The molecule has 4 nitrogen and oxygen atoms in total. The average molecular weight is 369 g/mol. The smallest absolute Gasteiger partial charge is 0.106 e. The van der Waals surface area contributed by atoms with Gasteiger partial charge in [-0.05, 0) is 52.3 Å². The van der Waals surface area contributed by atoms with Crippen molar-refractivity contribution in [2.24, 2.45) is 0 Å². The van der Waals surface area contributed by atoms with Crippen LogP contribution in [0.25, 0.3) is 0 Å². The molecule has 0 saturated carbocycles. The maximum absolute atomic E-state index is 4.53. The van der Waals surface area contributed by atoms with Crippen molar-refractivity contribution in [2.75, 3.05) is 0 Å². The minimum Gasteiger partial charge on any atom is -0.286 e. The molecule has 3 aromatic heterocycles. The van der Waals surface area contributed by atoms with E-state index in [9.17, 15) is 0 Å². The summed E-state index contributed by atoms with van der Waals surface area (Å²) < 4.78 is 0.852. The molecule has 0 aliphatic heterocycles. The van der Waals surface area contributed by atoms with Crippen molar-refractivity contribution in [3.63, 3.8) is 0 Å². The Morgan fingerprint density at radius 1 is 0.696 bits per heavy atom. The van der Waals surface area contributed by atoms with Gasteiger partial charge in [0.05, 0.1) is 17.1 Å². The molecular weight excluding hydrogens is 352 g/mol. The molecule has 0 N–H and O–H groups in total. The highest BCUT2D eigenvalue weighted by Crippen LogP contribution is 2.13. The topological polar surface area (TPSA) is 41.9 Å². The molecule has 23 heavy (non-hydrogen) atoms. The van der Waals surface area contributed by atoms with Gasteiger partial charge in [0.25, 0.3) is 0 Å². The largest absolute Gasteiger partial charge is 0.286 e. The summed E-state index contributed by atoms with van der Waals surface area (Å²) in [6.07, 6.45) is 3.65. The van der Waals surface area contributed by atoms with E-state index in [0.717, 1.165) is 41.3 Å². The molecule has 0 atom stereocenters. The van der Waals surface area contributed by atoms with E-state index in [-0.39, 0.29) is 0 Å². The van der Waals surface area contributed by atoms with Crippen LogP contribution in [0.1, 0.15) is 17.1 Å². The standard InChI is InChI=1S/C18H17BrN4/c19-18-9-5-8-17(22-18)14-23(12-15-6-1-3-10-20-15)13-16-7-2-4-11-21-16/h1-11H,12-14H2. The molecule has 0 radical (unpaired) electrons. The Labute approximate surface area is 144 Å². The Bertz CT molecular complexity index is 693. The van der Waals surface area contributed by atoms with E-state index in [4.69, 9.17) is 0 Å². The van der Waals surface area contributed by atoms with E-state index in [1.54, 1.807) is 0 Å². The van der Waals surface area contributed by atoms with Gasteiger partial charge >= 0.3 is 0 Å². The van der Waals surface area contributed by atoms with E-state index in [2.05, 4.69) is 35.8 Å². The lowest BCUT2D eigenvalue weighted by atomic mass is 10.2. The van der Waals surface area contributed by atoms with Crippen LogP contribution in [0.3, 0.4) is 0 Å². The van der Waals surface area contributed by atoms with E-state index in [0.29, 0.717) is 0 Å². The van der Waals surface area contributed by atoms with Gasteiger partial charge in [0.1, 0.15) is 4.60 Å². The van der Waals surface area contributed by atoms with Crippen molar-refractivity contribution < 1.29 is 0 Å². The van der Waals surface area contributed by atoms with Gasteiger partial charge in [-0.1, -0.05) is 18.2 Å². The maximum atomic E-state index is 4.53. The lowest BCUT2D eigenvalue weighted by Gasteiger charge is -2.21. The number of pyridine rings is 3. The molecule has 0 bridgehead atoms. The van der Waals surface area contributed by atoms with E-state index < -0.39 is 0 Å². The van der Waals surface area contributed by atoms with Gasteiger partial charge in [-0.25, -0.2) is 4.98 Å². The molecule has 0 aliphatic carbocycles. The Balaban J connectivity index is 1.77. The van der Waals surface area contributed by atoms with Crippen LogP contribution < -0.4 is 0 Å². The van der Waals surface area contributed by atoms with Crippen LogP contribution in [0.4, 0.5) is 0 Å². The van der Waals surface area contributed by atoms with Crippen LogP contribution in [0, 0.1) is 0 Å². The monoisotopic (exact) mass is 368 g/mol. The summed E-state index contributed by atoms with van der Waals surface area (Å²) in [4.78, 5) is 15.7. The summed E-state index contributed by atoms with van der Waals surface area (Å²) in [6, 6.07) is 18.0. The highest BCUT2D eigenvalue weighted by molar-refractivity contribution is 9.10. The molecule has 116 valence electrons. The molecule has 0 aromatic carbocycles. The van der Waals surface area contributed by atoms with Gasteiger partial charge in [0, 0.05) is 32.0 Å². The third-order valence-corrected chi connectivity index (χ3v) is 3.82. The number of nitrogens with zero attached hydrogens (tertiary/aromatic N) is 4. The van der Waals surface area contributed by atoms with Gasteiger partial charge in [0.15, 0.2) is 0 Å². The van der Waals surface area contributed by atoms with Gasteiger partial charge in [-0.2, -0.15) is 0 Å². The molecule has 0 aliphatic rings. The van der Waals surface area contributed by atoms with Crippen molar-refractivity contribution in [1.29, 1.82) is 0 Å². The fourth-order valence-corrected chi connectivity index (χ4v) is 2.76. The third-order valence-electron chi connectivity index (χ3n) is 3.38. The highest BCUT2D eigenvalue weighted by atomic mass is 79.9. The lowest BCUT2D eigenvalue weighted by molar-refractivity contribution is 0.238. The fourth-order valence-electron chi connectivity index (χ4n) is 2.38. The SMILES string of the molecule is Brc1cccc(CN(Cc2ccccn2)Cc2ccccn2)n1. The first-order valence-corrected chi connectivity index (χ1v) is 8.22. The molecule has 0 amide bonds.